The molecule has 0 aliphatic rings. The number of carbonyl (C=O) groups is 2. The van der Waals surface area contributed by atoms with Gasteiger partial charge in [0.05, 0.1) is 6.61 Å². The van der Waals surface area contributed by atoms with E-state index in [2.05, 4.69) is 10.3 Å². The van der Waals surface area contributed by atoms with E-state index in [4.69, 9.17) is 16.3 Å². The molecule has 0 aliphatic heterocycles. The monoisotopic (exact) mass is 312 g/mol. The molecule has 0 bridgehead atoms. The topological polar surface area (TPSA) is 68.3 Å². The lowest BCUT2D eigenvalue weighted by Crippen LogP contribution is -2.24. The Labute approximate surface area is 130 Å². The third-order valence-electron chi connectivity index (χ3n) is 2.89. The van der Waals surface area contributed by atoms with Crippen molar-refractivity contribution >= 4 is 23.5 Å². The molecule has 1 amide bonds. The molecule has 0 radical (unpaired) electrons. The van der Waals surface area contributed by atoms with Gasteiger partial charge >= 0.3 is 5.97 Å². The van der Waals surface area contributed by atoms with E-state index in [1.807, 2.05) is 0 Å². The molecule has 1 heterocycles. The first-order valence-corrected chi connectivity index (χ1v) is 7.56. The van der Waals surface area contributed by atoms with Crippen LogP contribution in [-0.4, -0.2) is 30.0 Å². The average molecular weight is 313 g/mol. The van der Waals surface area contributed by atoms with Gasteiger partial charge in [-0.05, 0) is 31.9 Å². The number of rotatable bonds is 9. The smallest absolute Gasteiger partial charge is 0.305 e. The number of unbranched alkanes of at least 4 members (excludes halogenated alkanes) is 3. The molecule has 0 aromatic carbocycles. The van der Waals surface area contributed by atoms with Gasteiger partial charge in [0.2, 0.25) is 0 Å². The molecule has 6 heteroatoms. The Morgan fingerprint density at radius 1 is 1.29 bits per heavy atom. The second kappa shape index (κ2) is 10.2. The normalized spacial score (nSPS) is 10.2. The highest BCUT2D eigenvalue weighted by Gasteiger charge is 2.05. The number of halogens is 1. The van der Waals surface area contributed by atoms with Gasteiger partial charge in [0.1, 0.15) is 5.15 Å². The number of carbonyl (C=O) groups excluding carboxylic acids is 2. The van der Waals surface area contributed by atoms with Crippen molar-refractivity contribution in [1.82, 2.24) is 10.3 Å². The van der Waals surface area contributed by atoms with Crippen LogP contribution in [0.3, 0.4) is 0 Å². The Kier molecular flexibility index (Phi) is 8.43. The van der Waals surface area contributed by atoms with Crippen molar-refractivity contribution in [2.75, 3.05) is 13.2 Å². The van der Waals surface area contributed by atoms with E-state index in [0.717, 1.165) is 25.7 Å². The van der Waals surface area contributed by atoms with E-state index in [0.29, 0.717) is 30.3 Å². The molecule has 1 aromatic rings. The van der Waals surface area contributed by atoms with Crippen LogP contribution < -0.4 is 5.32 Å². The SMILES string of the molecule is CCOC(=O)CCCCCCNC(=O)c1ccnc(Cl)c1. The fourth-order valence-corrected chi connectivity index (χ4v) is 2.00. The van der Waals surface area contributed by atoms with Crippen LogP contribution in [0.25, 0.3) is 0 Å². The maximum Gasteiger partial charge on any atom is 0.305 e. The molecule has 1 N–H and O–H groups in total. The number of esters is 1. The van der Waals surface area contributed by atoms with Gasteiger partial charge in [-0.25, -0.2) is 4.98 Å². The zero-order valence-electron chi connectivity index (χ0n) is 12.2. The minimum Gasteiger partial charge on any atom is -0.466 e. The van der Waals surface area contributed by atoms with Crippen molar-refractivity contribution in [3.8, 4) is 0 Å². The molecular weight excluding hydrogens is 292 g/mol. The van der Waals surface area contributed by atoms with Crippen molar-refractivity contribution in [3.63, 3.8) is 0 Å². The summed E-state index contributed by atoms with van der Waals surface area (Å²) in [5.41, 5.74) is 0.511. The van der Waals surface area contributed by atoms with Crippen LogP contribution in [0.5, 0.6) is 0 Å². The molecule has 0 saturated heterocycles. The minimum atomic E-state index is -0.147. The number of pyridine rings is 1. The lowest BCUT2D eigenvalue weighted by Gasteiger charge is -2.05. The number of ether oxygens (including phenoxy) is 1. The highest BCUT2D eigenvalue weighted by Crippen LogP contribution is 2.07. The largest absolute Gasteiger partial charge is 0.466 e. The minimum absolute atomic E-state index is 0.139. The van der Waals surface area contributed by atoms with Gasteiger partial charge in [-0.15, -0.1) is 0 Å². The molecule has 0 unspecified atom stereocenters. The maximum absolute atomic E-state index is 11.8. The highest BCUT2D eigenvalue weighted by molar-refractivity contribution is 6.29. The predicted molar refractivity (Wildman–Crippen MR) is 81.3 cm³/mol. The lowest BCUT2D eigenvalue weighted by molar-refractivity contribution is -0.143. The Morgan fingerprint density at radius 2 is 2.05 bits per heavy atom. The maximum atomic E-state index is 11.8. The number of hydrogen-bond acceptors (Lipinski definition) is 4. The van der Waals surface area contributed by atoms with E-state index in [-0.39, 0.29) is 11.9 Å². The molecule has 0 spiro atoms. The Bertz CT molecular complexity index is 466. The first kappa shape index (κ1) is 17.4. The quantitative estimate of drug-likeness (QED) is 0.432. The Hall–Kier alpha value is -1.62. The van der Waals surface area contributed by atoms with E-state index >= 15 is 0 Å². The van der Waals surface area contributed by atoms with Gasteiger partial charge in [-0.2, -0.15) is 0 Å². The number of nitrogens with zero attached hydrogens (tertiary/aromatic N) is 1. The van der Waals surface area contributed by atoms with Gasteiger partial charge in [0, 0.05) is 24.7 Å². The van der Waals surface area contributed by atoms with E-state index < -0.39 is 0 Å². The van der Waals surface area contributed by atoms with Crippen LogP contribution >= 0.6 is 11.6 Å². The summed E-state index contributed by atoms with van der Waals surface area (Å²) < 4.78 is 4.85. The summed E-state index contributed by atoms with van der Waals surface area (Å²) in [6, 6.07) is 3.16. The van der Waals surface area contributed by atoms with Gasteiger partial charge in [0.15, 0.2) is 0 Å². The molecule has 1 aromatic heterocycles. The summed E-state index contributed by atoms with van der Waals surface area (Å²) in [5.74, 6) is -0.286. The second-order valence-corrected chi connectivity index (χ2v) is 4.98. The van der Waals surface area contributed by atoms with Crippen molar-refractivity contribution in [3.05, 3.63) is 29.0 Å². The summed E-state index contributed by atoms with van der Waals surface area (Å²) in [4.78, 5) is 26.7. The van der Waals surface area contributed by atoms with Gasteiger partial charge in [0.25, 0.3) is 5.91 Å². The van der Waals surface area contributed by atoms with Crippen LogP contribution in [0.4, 0.5) is 0 Å². The summed E-state index contributed by atoms with van der Waals surface area (Å²) in [7, 11) is 0. The summed E-state index contributed by atoms with van der Waals surface area (Å²) in [5, 5.41) is 3.14. The van der Waals surface area contributed by atoms with Crippen molar-refractivity contribution in [2.24, 2.45) is 0 Å². The Morgan fingerprint density at radius 3 is 2.76 bits per heavy atom. The second-order valence-electron chi connectivity index (χ2n) is 4.59. The number of aromatic nitrogens is 1. The van der Waals surface area contributed by atoms with E-state index in [1.54, 1.807) is 13.0 Å². The average Bonchev–Trinajstić information content (AvgIpc) is 2.46. The summed E-state index contributed by atoms with van der Waals surface area (Å²) >= 11 is 5.73. The molecule has 21 heavy (non-hydrogen) atoms. The summed E-state index contributed by atoms with van der Waals surface area (Å²) in [6.45, 7) is 2.85. The molecule has 0 atom stereocenters. The molecule has 116 valence electrons. The molecular formula is C15H21ClN2O3. The highest BCUT2D eigenvalue weighted by atomic mass is 35.5. The first-order chi connectivity index (χ1) is 10.1. The molecule has 5 nitrogen and oxygen atoms in total. The fraction of sp³-hybridized carbons (Fsp3) is 0.533. The molecule has 1 rings (SSSR count). The zero-order valence-corrected chi connectivity index (χ0v) is 13.0. The fourth-order valence-electron chi connectivity index (χ4n) is 1.83. The summed E-state index contributed by atoms with van der Waals surface area (Å²) in [6.07, 6.45) is 5.61. The van der Waals surface area contributed by atoms with E-state index in [9.17, 15) is 9.59 Å². The van der Waals surface area contributed by atoms with Crippen LogP contribution in [-0.2, 0) is 9.53 Å². The molecule has 0 aliphatic carbocycles. The van der Waals surface area contributed by atoms with Crippen LogP contribution in [0.2, 0.25) is 5.15 Å². The zero-order chi connectivity index (χ0) is 15.5. The number of amides is 1. The van der Waals surface area contributed by atoms with E-state index in [1.165, 1.54) is 12.3 Å². The van der Waals surface area contributed by atoms with Crippen LogP contribution in [0.15, 0.2) is 18.3 Å². The van der Waals surface area contributed by atoms with Gasteiger partial charge < -0.3 is 10.1 Å². The van der Waals surface area contributed by atoms with Crippen LogP contribution in [0, 0.1) is 0 Å². The number of hydrogen-bond donors (Lipinski definition) is 1. The van der Waals surface area contributed by atoms with Gasteiger partial charge in [-0.1, -0.05) is 24.4 Å². The molecule has 0 saturated carbocycles. The third kappa shape index (κ3) is 7.66. The van der Waals surface area contributed by atoms with Crippen molar-refractivity contribution in [2.45, 2.75) is 39.0 Å². The molecule has 0 fully saturated rings. The van der Waals surface area contributed by atoms with Crippen molar-refractivity contribution in [1.29, 1.82) is 0 Å². The van der Waals surface area contributed by atoms with Gasteiger partial charge in [-0.3, -0.25) is 9.59 Å². The lowest BCUT2D eigenvalue weighted by atomic mass is 10.1. The predicted octanol–water partition coefficient (Wildman–Crippen LogP) is 2.98. The third-order valence-corrected chi connectivity index (χ3v) is 3.09. The Balaban J connectivity index is 2.06. The van der Waals surface area contributed by atoms with Crippen LogP contribution in [0.1, 0.15) is 49.4 Å². The van der Waals surface area contributed by atoms with Crippen molar-refractivity contribution < 1.29 is 14.3 Å². The standard InChI is InChI=1S/C15H21ClN2O3/c1-2-21-14(19)7-5-3-4-6-9-18-15(20)12-8-10-17-13(16)11-12/h8,10-11H,2-7,9H2,1H3,(H,18,20). The first-order valence-electron chi connectivity index (χ1n) is 7.19. The number of nitrogens with one attached hydrogen (secondary N) is 1.